The summed E-state index contributed by atoms with van der Waals surface area (Å²) in [6.45, 7) is 3.60. The lowest BCUT2D eigenvalue weighted by molar-refractivity contribution is 0.0941. The molecule has 0 aromatic carbocycles. The van der Waals surface area contributed by atoms with Gasteiger partial charge in [-0.25, -0.2) is 0 Å². The van der Waals surface area contributed by atoms with Gasteiger partial charge in [0.1, 0.15) is 5.69 Å². The number of hydrogen-bond donors (Lipinski definition) is 0. The number of Topliss-reactive ketones (excluding diaryl/α,β-unsaturated/α-hetero) is 1. The highest BCUT2D eigenvalue weighted by atomic mass is 16.1. The van der Waals surface area contributed by atoms with Gasteiger partial charge in [0.05, 0.1) is 11.3 Å². The average molecular weight is 256 g/mol. The van der Waals surface area contributed by atoms with Crippen LogP contribution in [-0.4, -0.2) is 34.5 Å². The highest BCUT2D eigenvalue weighted by Gasteiger charge is 2.30. The van der Waals surface area contributed by atoms with Gasteiger partial charge in [-0.05, 0) is 37.8 Å². The van der Waals surface area contributed by atoms with Crippen molar-refractivity contribution in [3.05, 3.63) is 40.9 Å². The van der Waals surface area contributed by atoms with Crippen LogP contribution in [0.25, 0.3) is 0 Å². The molecule has 19 heavy (non-hydrogen) atoms. The standard InChI is InChI=1S/C15H16N2O2/c1-10-7-11-14(16-9-10)13(18)8-12(15(11)19)17-5-3-2-4-6-17/h7-9H,2-6H2,1H3. The fraction of sp³-hybridized carbons (Fsp3) is 0.400. The van der Waals surface area contributed by atoms with Crippen LogP contribution in [-0.2, 0) is 0 Å². The van der Waals surface area contributed by atoms with Crippen LogP contribution in [0.5, 0.6) is 0 Å². The lowest BCUT2D eigenvalue weighted by Gasteiger charge is -2.31. The zero-order valence-corrected chi connectivity index (χ0v) is 11.0. The van der Waals surface area contributed by atoms with E-state index >= 15 is 0 Å². The summed E-state index contributed by atoms with van der Waals surface area (Å²) < 4.78 is 0. The quantitative estimate of drug-likeness (QED) is 0.772. The van der Waals surface area contributed by atoms with Crippen molar-refractivity contribution in [1.82, 2.24) is 9.88 Å². The summed E-state index contributed by atoms with van der Waals surface area (Å²) in [5.41, 5.74) is 2.19. The molecule has 2 heterocycles. The van der Waals surface area contributed by atoms with Gasteiger partial charge in [0.25, 0.3) is 0 Å². The summed E-state index contributed by atoms with van der Waals surface area (Å²) in [5, 5.41) is 0. The largest absolute Gasteiger partial charge is 0.368 e. The van der Waals surface area contributed by atoms with Crippen molar-refractivity contribution < 1.29 is 9.59 Å². The molecule has 0 spiro atoms. The number of rotatable bonds is 1. The van der Waals surface area contributed by atoms with E-state index in [-0.39, 0.29) is 17.3 Å². The van der Waals surface area contributed by atoms with Crippen molar-refractivity contribution in [3.63, 3.8) is 0 Å². The van der Waals surface area contributed by atoms with Crippen LogP contribution in [0.2, 0.25) is 0 Å². The van der Waals surface area contributed by atoms with E-state index in [9.17, 15) is 9.59 Å². The number of ketones is 2. The Morgan fingerprint density at radius 3 is 2.63 bits per heavy atom. The molecule has 4 nitrogen and oxygen atoms in total. The highest BCUT2D eigenvalue weighted by Crippen LogP contribution is 2.25. The molecule has 98 valence electrons. The van der Waals surface area contributed by atoms with E-state index in [0.29, 0.717) is 11.3 Å². The van der Waals surface area contributed by atoms with Crippen molar-refractivity contribution in [3.8, 4) is 0 Å². The first-order valence-corrected chi connectivity index (χ1v) is 6.69. The van der Waals surface area contributed by atoms with Crippen LogP contribution >= 0.6 is 0 Å². The van der Waals surface area contributed by atoms with Crippen molar-refractivity contribution in [1.29, 1.82) is 0 Å². The van der Waals surface area contributed by atoms with Crippen LogP contribution in [0.15, 0.2) is 24.0 Å². The van der Waals surface area contributed by atoms with Gasteiger partial charge in [0.2, 0.25) is 11.6 Å². The Bertz CT molecular complexity index is 584. The molecule has 0 atom stereocenters. The summed E-state index contributed by atoms with van der Waals surface area (Å²) in [6, 6.07) is 1.76. The summed E-state index contributed by atoms with van der Waals surface area (Å²) in [7, 11) is 0. The maximum Gasteiger partial charge on any atom is 0.211 e. The topological polar surface area (TPSA) is 50.3 Å². The number of aryl methyl sites for hydroxylation is 1. The lowest BCUT2D eigenvalue weighted by Crippen LogP contribution is -2.35. The molecule has 0 unspecified atom stereocenters. The molecule has 0 saturated carbocycles. The third-order valence-corrected chi connectivity index (χ3v) is 3.70. The Balaban J connectivity index is 2.00. The number of nitrogens with zero attached hydrogens (tertiary/aromatic N) is 2. The van der Waals surface area contributed by atoms with Crippen molar-refractivity contribution in [2.45, 2.75) is 26.2 Å². The molecule has 1 aliphatic carbocycles. The molecule has 0 bridgehead atoms. The van der Waals surface area contributed by atoms with Gasteiger partial charge in [0.15, 0.2) is 0 Å². The molecular weight excluding hydrogens is 240 g/mol. The van der Waals surface area contributed by atoms with Crippen molar-refractivity contribution >= 4 is 11.6 Å². The van der Waals surface area contributed by atoms with E-state index in [2.05, 4.69) is 4.98 Å². The smallest absolute Gasteiger partial charge is 0.211 e. The summed E-state index contributed by atoms with van der Waals surface area (Å²) in [6.07, 6.45) is 6.45. The molecule has 2 aliphatic rings. The fourth-order valence-electron chi connectivity index (χ4n) is 2.70. The zero-order chi connectivity index (χ0) is 13.4. The molecule has 1 aromatic rings. The minimum absolute atomic E-state index is 0.0623. The molecule has 1 fully saturated rings. The van der Waals surface area contributed by atoms with Crippen LogP contribution in [0.4, 0.5) is 0 Å². The predicted octanol–water partition coefficient (Wildman–Crippen LogP) is 2.14. The number of piperidine rings is 1. The zero-order valence-electron chi connectivity index (χ0n) is 11.0. The van der Waals surface area contributed by atoms with E-state index in [1.807, 2.05) is 11.8 Å². The van der Waals surface area contributed by atoms with Gasteiger partial charge < -0.3 is 4.90 Å². The number of hydrogen-bond acceptors (Lipinski definition) is 4. The number of carbonyl (C=O) groups excluding carboxylic acids is 2. The number of aromatic nitrogens is 1. The Labute approximate surface area is 112 Å². The SMILES string of the molecule is Cc1cnc2c(c1)C(=O)C(N1CCCCC1)=CC2=O. The summed E-state index contributed by atoms with van der Waals surface area (Å²) in [5.74, 6) is -0.220. The molecular formula is C15H16N2O2. The van der Waals surface area contributed by atoms with Gasteiger partial charge in [-0.15, -0.1) is 0 Å². The molecule has 3 rings (SSSR count). The second kappa shape index (κ2) is 4.61. The van der Waals surface area contributed by atoms with Gasteiger partial charge in [-0.3, -0.25) is 14.6 Å². The summed E-state index contributed by atoms with van der Waals surface area (Å²) >= 11 is 0. The van der Waals surface area contributed by atoms with E-state index < -0.39 is 0 Å². The maximum atomic E-state index is 12.5. The Kier molecular flexibility index (Phi) is 2.93. The molecule has 1 aliphatic heterocycles. The Hall–Kier alpha value is -1.97. The monoisotopic (exact) mass is 256 g/mol. The maximum absolute atomic E-state index is 12.5. The van der Waals surface area contributed by atoms with E-state index in [1.165, 1.54) is 12.5 Å². The minimum atomic E-state index is -0.157. The molecule has 1 aromatic heterocycles. The second-order valence-electron chi connectivity index (χ2n) is 5.18. The highest BCUT2D eigenvalue weighted by molar-refractivity contribution is 6.23. The van der Waals surface area contributed by atoms with E-state index in [0.717, 1.165) is 31.5 Å². The average Bonchev–Trinajstić information content (AvgIpc) is 2.43. The van der Waals surface area contributed by atoms with Crippen LogP contribution in [0.1, 0.15) is 45.7 Å². The molecule has 0 N–H and O–H groups in total. The number of fused-ring (bicyclic) bond motifs is 1. The molecule has 1 saturated heterocycles. The molecule has 0 amide bonds. The first-order chi connectivity index (χ1) is 9.16. The van der Waals surface area contributed by atoms with Crippen molar-refractivity contribution in [2.75, 3.05) is 13.1 Å². The van der Waals surface area contributed by atoms with Crippen LogP contribution in [0, 0.1) is 6.92 Å². The van der Waals surface area contributed by atoms with Gasteiger partial charge >= 0.3 is 0 Å². The second-order valence-corrected chi connectivity index (χ2v) is 5.18. The van der Waals surface area contributed by atoms with Crippen LogP contribution in [0.3, 0.4) is 0 Å². The van der Waals surface area contributed by atoms with E-state index in [1.54, 1.807) is 12.3 Å². The van der Waals surface area contributed by atoms with Crippen molar-refractivity contribution in [2.24, 2.45) is 0 Å². The number of carbonyl (C=O) groups is 2. The third-order valence-electron chi connectivity index (χ3n) is 3.70. The molecule has 0 radical (unpaired) electrons. The normalized spacial score (nSPS) is 19.2. The van der Waals surface area contributed by atoms with Gasteiger partial charge in [-0.2, -0.15) is 0 Å². The first-order valence-electron chi connectivity index (χ1n) is 6.69. The van der Waals surface area contributed by atoms with E-state index in [4.69, 9.17) is 0 Å². The first kappa shape index (κ1) is 12.1. The summed E-state index contributed by atoms with van der Waals surface area (Å²) in [4.78, 5) is 30.7. The third kappa shape index (κ3) is 2.07. The van der Waals surface area contributed by atoms with Crippen LogP contribution < -0.4 is 0 Å². The van der Waals surface area contributed by atoms with Gasteiger partial charge in [0, 0.05) is 25.4 Å². The number of likely N-dealkylation sites (tertiary alicyclic amines) is 1. The predicted molar refractivity (Wildman–Crippen MR) is 71.1 cm³/mol. The fourth-order valence-corrected chi connectivity index (χ4v) is 2.70. The molecule has 4 heteroatoms. The Morgan fingerprint density at radius 1 is 1.16 bits per heavy atom. The van der Waals surface area contributed by atoms with Gasteiger partial charge in [-0.1, -0.05) is 0 Å². The number of pyridine rings is 1. The number of allylic oxidation sites excluding steroid dienone is 2. The lowest BCUT2D eigenvalue weighted by atomic mass is 9.94. The Morgan fingerprint density at radius 2 is 1.89 bits per heavy atom. The minimum Gasteiger partial charge on any atom is -0.368 e.